The number of urea groups is 1. The van der Waals surface area contributed by atoms with E-state index < -0.39 is 0 Å². The highest BCUT2D eigenvalue weighted by Gasteiger charge is 2.12. The van der Waals surface area contributed by atoms with Crippen LogP contribution in [0.3, 0.4) is 0 Å². The lowest BCUT2D eigenvalue weighted by molar-refractivity contribution is 0.252. The third-order valence-electron chi connectivity index (χ3n) is 3.15. The van der Waals surface area contributed by atoms with Gasteiger partial charge in [-0.1, -0.05) is 54.2 Å². The fourth-order valence-electron chi connectivity index (χ4n) is 1.94. The van der Waals surface area contributed by atoms with Gasteiger partial charge in [0.1, 0.15) is 5.02 Å². The molecule has 2 N–H and O–H groups in total. The minimum atomic E-state index is -0.332. The van der Waals surface area contributed by atoms with Crippen LogP contribution in [0.1, 0.15) is 25.3 Å². The van der Waals surface area contributed by atoms with Crippen molar-refractivity contribution in [3.8, 4) is 0 Å². The lowest BCUT2D eigenvalue weighted by Crippen LogP contribution is -2.29. The van der Waals surface area contributed by atoms with Crippen LogP contribution in [0.15, 0.2) is 24.4 Å². The fourth-order valence-corrected chi connectivity index (χ4v) is 2.65. The van der Waals surface area contributed by atoms with Crippen molar-refractivity contribution in [2.24, 2.45) is 0 Å². The summed E-state index contributed by atoms with van der Waals surface area (Å²) in [6.45, 7) is 3.02. The van der Waals surface area contributed by atoms with Gasteiger partial charge in [0.05, 0.1) is 6.54 Å². The summed E-state index contributed by atoms with van der Waals surface area (Å²) in [4.78, 5) is 11.7. The van der Waals surface area contributed by atoms with Crippen molar-refractivity contribution in [1.29, 1.82) is 0 Å². The Balaban J connectivity index is 2.05. The molecule has 0 spiro atoms. The Kier molecular flexibility index (Phi) is 6.57. The van der Waals surface area contributed by atoms with Crippen molar-refractivity contribution in [2.45, 2.75) is 26.3 Å². The first kappa shape index (κ1) is 17.9. The Labute approximate surface area is 149 Å². The van der Waals surface area contributed by atoms with Crippen LogP contribution in [0.4, 0.5) is 10.6 Å². The summed E-state index contributed by atoms with van der Waals surface area (Å²) in [7, 11) is 0. The van der Waals surface area contributed by atoms with Gasteiger partial charge in [-0.25, -0.2) is 4.79 Å². The minimum Gasteiger partial charge on any atom is -0.338 e. The van der Waals surface area contributed by atoms with Crippen molar-refractivity contribution in [1.82, 2.24) is 15.1 Å². The standard InChI is InChI=1S/C15H17Cl3N4O/c1-2-3-7-19-15(23)20-14-13(18)9-22(21-14)8-10-11(16)5-4-6-12(10)17/h4-6,9H,2-3,7-8H2,1H3,(H2,19,20,21,23). The van der Waals surface area contributed by atoms with E-state index in [0.29, 0.717) is 34.0 Å². The zero-order chi connectivity index (χ0) is 16.8. The number of hydrogen-bond acceptors (Lipinski definition) is 2. The summed E-state index contributed by atoms with van der Waals surface area (Å²) in [6.07, 6.45) is 3.54. The van der Waals surface area contributed by atoms with Gasteiger partial charge in [0, 0.05) is 28.4 Å². The summed E-state index contributed by atoms with van der Waals surface area (Å²) >= 11 is 18.4. The predicted octanol–water partition coefficient (Wildman–Crippen LogP) is 4.81. The number of unbranched alkanes of at least 4 members (excludes halogenated alkanes) is 1. The molecule has 23 heavy (non-hydrogen) atoms. The molecule has 0 saturated heterocycles. The van der Waals surface area contributed by atoms with Gasteiger partial charge in [-0.2, -0.15) is 5.10 Å². The first-order chi connectivity index (χ1) is 11.0. The molecule has 0 unspecified atom stereocenters. The molecule has 0 aliphatic carbocycles. The Morgan fingerprint density at radius 3 is 2.57 bits per heavy atom. The maximum Gasteiger partial charge on any atom is 0.320 e. The van der Waals surface area contributed by atoms with Crippen LogP contribution in [-0.4, -0.2) is 22.4 Å². The van der Waals surface area contributed by atoms with E-state index in [9.17, 15) is 4.79 Å². The topological polar surface area (TPSA) is 59.0 Å². The highest BCUT2D eigenvalue weighted by atomic mass is 35.5. The number of carbonyl (C=O) groups is 1. The molecule has 0 aliphatic heterocycles. The van der Waals surface area contributed by atoms with Crippen molar-refractivity contribution in [3.63, 3.8) is 0 Å². The Morgan fingerprint density at radius 2 is 1.91 bits per heavy atom. The number of rotatable bonds is 6. The summed E-state index contributed by atoms with van der Waals surface area (Å²) in [5.41, 5.74) is 0.744. The molecule has 8 heteroatoms. The number of benzene rings is 1. The molecule has 0 radical (unpaired) electrons. The second kappa shape index (κ2) is 8.43. The number of amides is 2. The molecule has 2 aromatic rings. The van der Waals surface area contributed by atoms with Crippen molar-refractivity contribution in [3.05, 3.63) is 45.0 Å². The molecule has 2 rings (SSSR count). The number of nitrogens with one attached hydrogen (secondary N) is 2. The summed E-state index contributed by atoms with van der Waals surface area (Å²) < 4.78 is 1.58. The average Bonchev–Trinajstić information content (AvgIpc) is 2.83. The molecule has 1 aromatic heterocycles. The van der Waals surface area contributed by atoms with Crippen molar-refractivity contribution in [2.75, 3.05) is 11.9 Å². The Morgan fingerprint density at radius 1 is 1.22 bits per heavy atom. The molecule has 5 nitrogen and oxygen atoms in total. The lowest BCUT2D eigenvalue weighted by atomic mass is 10.2. The molecule has 0 atom stereocenters. The van der Waals surface area contributed by atoms with E-state index in [-0.39, 0.29) is 6.03 Å². The Bertz CT molecular complexity index is 667. The zero-order valence-electron chi connectivity index (χ0n) is 12.6. The van der Waals surface area contributed by atoms with Gasteiger partial charge in [0.15, 0.2) is 5.82 Å². The van der Waals surface area contributed by atoms with Crippen LogP contribution in [0.2, 0.25) is 15.1 Å². The van der Waals surface area contributed by atoms with Crippen LogP contribution in [-0.2, 0) is 6.54 Å². The van der Waals surface area contributed by atoms with Gasteiger partial charge in [0.2, 0.25) is 0 Å². The summed E-state index contributed by atoms with van der Waals surface area (Å²) in [5.74, 6) is 0.295. The average molecular weight is 376 g/mol. The molecule has 0 bridgehead atoms. The predicted molar refractivity (Wildman–Crippen MR) is 94.7 cm³/mol. The number of halogens is 3. The number of carbonyl (C=O) groups excluding carboxylic acids is 1. The molecule has 0 saturated carbocycles. The first-order valence-electron chi connectivity index (χ1n) is 7.22. The quantitative estimate of drug-likeness (QED) is 0.712. The van der Waals surface area contributed by atoms with Crippen molar-refractivity contribution < 1.29 is 4.79 Å². The number of anilines is 1. The van der Waals surface area contributed by atoms with Crippen LogP contribution in [0.25, 0.3) is 0 Å². The smallest absolute Gasteiger partial charge is 0.320 e. The van der Waals surface area contributed by atoms with E-state index in [1.165, 1.54) is 0 Å². The van der Waals surface area contributed by atoms with Crippen LogP contribution in [0.5, 0.6) is 0 Å². The highest BCUT2D eigenvalue weighted by molar-refractivity contribution is 6.36. The highest BCUT2D eigenvalue weighted by Crippen LogP contribution is 2.26. The maximum atomic E-state index is 11.7. The fraction of sp³-hybridized carbons (Fsp3) is 0.333. The third kappa shape index (κ3) is 5.03. The summed E-state index contributed by atoms with van der Waals surface area (Å²) in [6, 6.07) is 4.96. The number of nitrogens with zero attached hydrogens (tertiary/aromatic N) is 2. The zero-order valence-corrected chi connectivity index (χ0v) is 14.8. The van der Waals surface area contributed by atoms with Crippen LogP contribution >= 0.6 is 34.8 Å². The van der Waals surface area contributed by atoms with E-state index in [2.05, 4.69) is 22.7 Å². The second-order valence-corrected chi connectivity index (χ2v) is 6.18. The van der Waals surface area contributed by atoms with E-state index in [4.69, 9.17) is 34.8 Å². The maximum absolute atomic E-state index is 11.7. The largest absolute Gasteiger partial charge is 0.338 e. The molecule has 2 amide bonds. The van der Waals surface area contributed by atoms with E-state index >= 15 is 0 Å². The molecule has 0 aliphatic rings. The van der Waals surface area contributed by atoms with Gasteiger partial charge in [-0.15, -0.1) is 0 Å². The molecule has 1 aromatic carbocycles. The minimum absolute atomic E-state index is 0.295. The van der Waals surface area contributed by atoms with Gasteiger partial charge in [-0.05, 0) is 18.6 Å². The SMILES string of the molecule is CCCCNC(=O)Nc1nn(Cc2c(Cl)cccc2Cl)cc1Cl. The van der Waals surface area contributed by atoms with E-state index in [1.807, 2.05) is 0 Å². The molecule has 0 fully saturated rings. The third-order valence-corrected chi connectivity index (χ3v) is 4.13. The van der Waals surface area contributed by atoms with Gasteiger partial charge in [-0.3, -0.25) is 10.00 Å². The molecular formula is C15H17Cl3N4O. The first-order valence-corrected chi connectivity index (χ1v) is 8.35. The number of hydrogen-bond donors (Lipinski definition) is 2. The second-order valence-electron chi connectivity index (χ2n) is 4.96. The van der Waals surface area contributed by atoms with Crippen LogP contribution in [0, 0.1) is 0 Å². The normalized spacial score (nSPS) is 10.6. The van der Waals surface area contributed by atoms with Crippen molar-refractivity contribution >= 4 is 46.7 Å². The lowest BCUT2D eigenvalue weighted by Gasteiger charge is -2.07. The monoisotopic (exact) mass is 374 g/mol. The summed E-state index contributed by atoms with van der Waals surface area (Å²) in [5, 5.41) is 11.1. The van der Waals surface area contributed by atoms with Gasteiger partial charge in [0.25, 0.3) is 0 Å². The van der Waals surface area contributed by atoms with Gasteiger partial charge >= 0.3 is 6.03 Å². The number of aromatic nitrogens is 2. The molecular weight excluding hydrogens is 359 g/mol. The van der Waals surface area contributed by atoms with E-state index in [1.54, 1.807) is 29.1 Å². The Hall–Kier alpha value is -1.43. The molecule has 124 valence electrons. The van der Waals surface area contributed by atoms with Crippen LogP contribution < -0.4 is 10.6 Å². The van der Waals surface area contributed by atoms with Gasteiger partial charge < -0.3 is 5.32 Å². The van der Waals surface area contributed by atoms with E-state index in [0.717, 1.165) is 18.4 Å². The molecule has 1 heterocycles.